The maximum absolute atomic E-state index is 12.5. The summed E-state index contributed by atoms with van der Waals surface area (Å²) >= 11 is 0. The maximum Gasteiger partial charge on any atom is 0.397 e. The monoisotopic (exact) mass is 999 g/mol. The molecule has 3 fully saturated rings. The number of carbonyl (C=O) groups excluding carboxylic acids is 2. The van der Waals surface area contributed by atoms with Crippen LogP contribution in [0.1, 0.15) is 39.0 Å². The first-order chi connectivity index (χ1) is 29.9. The lowest BCUT2D eigenvalue weighted by Gasteiger charge is -2.47. The molecule has 3 saturated heterocycles. The Bertz CT molecular complexity index is 1910. The van der Waals surface area contributed by atoms with Gasteiger partial charge in [0, 0.05) is 42.3 Å². The van der Waals surface area contributed by atoms with Crippen molar-refractivity contribution in [1.29, 1.82) is 0 Å². The minimum Gasteiger partial charge on any atom is -0.479 e. The number of nitrogens with one attached hydrogen (secondary N) is 3. The molecule has 15 atom stereocenters. The minimum atomic E-state index is -5.49. The van der Waals surface area contributed by atoms with Gasteiger partial charge in [-0.1, -0.05) is 34.1 Å². The Morgan fingerprint density at radius 2 is 1.58 bits per heavy atom. The van der Waals surface area contributed by atoms with Gasteiger partial charge in [-0.3, -0.25) is 18.7 Å². The van der Waals surface area contributed by atoms with Crippen molar-refractivity contribution in [2.24, 2.45) is 0 Å². The number of unbranched alkanes of at least 4 members (excludes halogenated alkanes) is 1. The predicted molar refractivity (Wildman–Crippen MR) is 220 cm³/mol. The van der Waals surface area contributed by atoms with E-state index in [1.807, 2.05) is 21.6 Å². The van der Waals surface area contributed by atoms with Crippen LogP contribution in [-0.4, -0.2) is 201 Å². The zero-order valence-corrected chi connectivity index (χ0v) is 37.0. The number of carboxylic acids is 1. The molecule has 1 aromatic carbocycles. The Morgan fingerprint density at radius 3 is 2.20 bits per heavy atom. The van der Waals surface area contributed by atoms with E-state index in [0.717, 1.165) is 38.4 Å². The summed E-state index contributed by atoms with van der Waals surface area (Å²) in [6, 6.07) is 4.60. The first kappa shape index (κ1) is 54.0. The first-order valence-electron chi connectivity index (χ1n) is 19.5. The number of aliphatic hydroxyl groups excluding tert-OH is 7. The van der Waals surface area contributed by atoms with Crippen molar-refractivity contribution < 1.29 is 108 Å². The summed E-state index contributed by atoms with van der Waals surface area (Å²) in [7, 11) is -6.99. The minimum absolute atomic E-state index is 0.183. The van der Waals surface area contributed by atoms with Gasteiger partial charge in [0.05, 0.1) is 19.3 Å². The third-order valence-corrected chi connectivity index (χ3v) is 13.8. The van der Waals surface area contributed by atoms with Crippen molar-refractivity contribution >= 4 is 71.5 Å². The van der Waals surface area contributed by atoms with E-state index in [4.69, 9.17) is 23.5 Å². The average molecular weight is 1000 g/mol. The number of carboxylic acid groups (broad SMARTS) is 1. The van der Waals surface area contributed by atoms with E-state index in [0.29, 0.717) is 23.0 Å². The van der Waals surface area contributed by atoms with E-state index in [2.05, 4.69) is 24.3 Å². The SMILES string of the molecule is CC(=O)N[C@H]1[C@@H](OC[C@@H](O)[C@@H](O)[C@H](O)[C@@H](O)CNc2cccc(NC(=O)CCCCC3CCSS3)c2)O[C@H](COS(=O)(=O)O)[C@H](O)[C@@H]1O[C@@H]1O[C@H](C(=O)O)[C@@H](O)[C@H](OS(=O)(=O)O)[C@H]1O. The van der Waals surface area contributed by atoms with Crippen molar-refractivity contribution in [3.63, 3.8) is 0 Å². The first-order valence-corrected chi connectivity index (χ1v) is 24.6. The molecule has 26 nitrogen and oxygen atoms in total. The molecule has 30 heteroatoms. The van der Waals surface area contributed by atoms with Crippen LogP contribution in [0, 0.1) is 0 Å². The number of amides is 2. The quantitative estimate of drug-likeness (QED) is 0.0274. The lowest BCUT2D eigenvalue weighted by atomic mass is 9.95. The van der Waals surface area contributed by atoms with Crippen LogP contribution in [0.4, 0.5) is 11.4 Å². The highest BCUT2D eigenvalue weighted by atomic mass is 33.1. The molecule has 3 aliphatic rings. The number of aliphatic hydroxyl groups is 7. The van der Waals surface area contributed by atoms with Crippen LogP contribution >= 0.6 is 21.6 Å². The van der Waals surface area contributed by atoms with E-state index in [1.165, 1.54) is 0 Å². The van der Waals surface area contributed by atoms with Crippen LogP contribution in [0.5, 0.6) is 0 Å². The summed E-state index contributed by atoms with van der Waals surface area (Å²) in [5, 5.41) is 93.4. The molecular formula is C34H53N3O23S4. The van der Waals surface area contributed by atoms with Gasteiger partial charge in [0.1, 0.15) is 61.0 Å². The summed E-state index contributed by atoms with van der Waals surface area (Å²) in [6.45, 7) is -1.73. The van der Waals surface area contributed by atoms with E-state index < -0.39 is 138 Å². The second-order valence-electron chi connectivity index (χ2n) is 14.8. The van der Waals surface area contributed by atoms with Gasteiger partial charge in [0.15, 0.2) is 18.7 Å². The van der Waals surface area contributed by atoms with E-state index in [1.54, 1.807) is 24.3 Å². The third-order valence-electron chi connectivity index (χ3n) is 9.87. The predicted octanol–water partition coefficient (Wildman–Crippen LogP) is -3.27. The summed E-state index contributed by atoms with van der Waals surface area (Å²) in [5.41, 5.74) is 0.862. The number of carbonyl (C=O) groups is 3. The van der Waals surface area contributed by atoms with Crippen molar-refractivity contribution in [2.45, 2.75) is 130 Å². The molecule has 0 saturated carbocycles. The Hall–Kier alpha value is -2.57. The molecule has 3 aliphatic heterocycles. The number of benzene rings is 1. The molecule has 64 heavy (non-hydrogen) atoms. The third kappa shape index (κ3) is 16.6. The molecule has 13 N–H and O–H groups in total. The maximum atomic E-state index is 12.5. The lowest BCUT2D eigenvalue weighted by molar-refractivity contribution is -0.339. The molecule has 0 bridgehead atoms. The molecule has 1 unspecified atom stereocenters. The largest absolute Gasteiger partial charge is 0.479 e. The van der Waals surface area contributed by atoms with Crippen molar-refractivity contribution in [2.75, 3.05) is 36.1 Å². The van der Waals surface area contributed by atoms with Gasteiger partial charge in [-0.25, -0.2) is 13.2 Å². The molecule has 0 aromatic heterocycles. The molecule has 366 valence electrons. The second-order valence-corrected chi connectivity index (χ2v) is 19.8. The van der Waals surface area contributed by atoms with Gasteiger partial charge in [-0.2, -0.15) is 16.8 Å². The number of hydrogen-bond acceptors (Lipinski definition) is 23. The normalized spacial score (nSPS) is 30.8. The summed E-state index contributed by atoms with van der Waals surface area (Å²) in [4.78, 5) is 36.7. The zero-order chi connectivity index (χ0) is 47.5. The van der Waals surface area contributed by atoms with E-state index in [9.17, 15) is 76.6 Å². The standard InChI is InChI=1S/C34H53N3O23S4/c1-15(38)36-23-29(58-34-28(46)30(60-64(52,53)54)27(45)31(59-34)32(47)48)26(44)21(14-56-63(49,50)51)57-33(23)55-13-20(40)25(43)24(42)19(39)12-35-16-5-4-6-17(11-16)37-22(41)8-3-2-7-18-9-10-61-62-18/h4-6,11,18-21,23-31,33-35,39-40,42-46H,2-3,7-10,12-14H2,1H3,(H,36,38)(H,37,41)(H,47,48)(H,49,50,51)(H,52,53,54)/t18?,19-,20+,21+,23+,24+,25+,26-,27-,28+,29+,30-,31-,33-,34+/m0/s1. The highest BCUT2D eigenvalue weighted by Crippen LogP contribution is 2.40. The van der Waals surface area contributed by atoms with Gasteiger partial charge < -0.3 is 75.8 Å². The van der Waals surface area contributed by atoms with Gasteiger partial charge in [-0.05, 0) is 37.5 Å². The highest BCUT2D eigenvalue weighted by molar-refractivity contribution is 8.77. The fraction of sp³-hybridized carbons (Fsp3) is 0.735. The Morgan fingerprint density at radius 1 is 0.891 bits per heavy atom. The van der Waals surface area contributed by atoms with Gasteiger partial charge in [0.25, 0.3) is 0 Å². The van der Waals surface area contributed by atoms with Crippen LogP contribution in [0.3, 0.4) is 0 Å². The average Bonchev–Trinajstić information content (AvgIpc) is 3.73. The van der Waals surface area contributed by atoms with Crippen LogP contribution < -0.4 is 16.0 Å². The molecular weight excluding hydrogens is 947 g/mol. The fourth-order valence-corrected chi connectivity index (χ4v) is 10.5. The van der Waals surface area contributed by atoms with Crippen LogP contribution in [-0.2, 0) is 62.5 Å². The van der Waals surface area contributed by atoms with Crippen LogP contribution in [0.15, 0.2) is 24.3 Å². The number of anilines is 2. The highest BCUT2D eigenvalue weighted by Gasteiger charge is 2.55. The van der Waals surface area contributed by atoms with E-state index >= 15 is 0 Å². The van der Waals surface area contributed by atoms with Crippen LogP contribution in [0.2, 0.25) is 0 Å². The smallest absolute Gasteiger partial charge is 0.397 e. The van der Waals surface area contributed by atoms with Crippen molar-refractivity contribution in [1.82, 2.24) is 5.32 Å². The molecule has 2 amide bonds. The molecule has 0 aliphatic carbocycles. The summed E-state index contributed by atoms with van der Waals surface area (Å²) < 4.78 is 94.3. The molecule has 3 heterocycles. The van der Waals surface area contributed by atoms with Crippen molar-refractivity contribution in [3.05, 3.63) is 24.3 Å². The van der Waals surface area contributed by atoms with Crippen molar-refractivity contribution in [3.8, 4) is 0 Å². The Labute approximate surface area is 374 Å². The second kappa shape index (κ2) is 24.5. The molecule has 0 spiro atoms. The topological polar surface area (TPSA) is 413 Å². The van der Waals surface area contributed by atoms with Gasteiger partial charge in [0.2, 0.25) is 11.8 Å². The number of hydrogen-bond donors (Lipinski definition) is 13. The fourth-order valence-electron chi connectivity index (χ4n) is 6.70. The van der Waals surface area contributed by atoms with Gasteiger partial charge in [-0.15, -0.1) is 0 Å². The summed E-state index contributed by atoms with van der Waals surface area (Å²) in [6.07, 6.45) is -24.4. The molecule has 1 aromatic rings. The number of rotatable bonds is 24. The molecule has 0 radical (unpaired) electrons. The van der Waals surface area contributed by atoms with Gasteiger partial charge >= 0.3 is 26.8 Å². The zero-order valence-electron chi connectivity index (χ0n) is 33.7. The Balaban J connectivity index is 1.41. The Kier molecular flexibility index (Phi) is 20.6. The van der Waals surface area contributed by atoms with Crippen LogP contribution in [0.25, 0.3) is 0 Å². The van der Waals surface area contributed by atoms with E-state index in [-0.39, 0.29) is 5.91 Å². The number of aliphatic carboxylic acids is 1. The number of ether oxygens (including phenoxy) is 4. The summed E-state index contributed by atoms with van der Waals surface area (Å²) in [5.74, 6) is -1.94. The molecule has 4 rings (SSSR count). The lowest BCUT2D eigenvalue weighted by Crippen LogP contribution is -2.68.